The number of carboxylic acids is 1. The van der Waals surface area contributed by atoms with Gasteiger partial charge in [-0.2, -0.15) is 0 Å². The Morgan fingerprint density at radius 1 is 1.16 bits per heavy atom. The van der Waals surface area contributed by atoms with Crippen molar-refractivity contribution < 1.29 is 19.4 Å². The maximum Gasteiger partial charge on any atom is 0.335 e. The van der Waals surface area contributed by atoms with E-state index in [1.54, 1.807) is 19.2 Å². The maximum atomic E-state index is 12.8. The number of hydrogen-bond donors (Lipinski definition) is 1. The van der Waals surface area contributed by atoms with Crippen molar-refractivity contribution in [1.29, 1.82) is 0 Å². The molecule has 0 aromatic heterocycles. The highest BCUT2D eigenvalue weighted by molar-refractivity contribution is 8.18. The van der Waals surface area contributed by atoms with Crippen LogP contribution in [0.5, 0.6) is 5.75 Å². The number of carboxylic acid groups (broad SMARTS) is 1. The van der Waals surface area contributed by atoms with Gasteiger partial charge in [-0.1, -0.05) is 0 Å². The van der Waals surface area contributed by atoms with E-state index in [1.165, 1.54) is 28.8 Å². The van der Waals surface area contributed by atoms with E-state index in [1.807, 2.05) is 31.2 Å². The van der Waals surface area contributed by atoms with Crippen molar-refractivity contribution in [3.63, 3.8) is 0 Å². The minimum atomic E-state index is -0.992. The third-order valence-corrected chi connectivity index (χ3v) is 6.11. The molecule has 0 aliphatic carbocycles. The number of ether oxygens (including phenoxy) is 1. The predicted octanol–water partition coefficient (Wildman–Crippen LogP) is 4.86. The van der Waals surface area contributed by atoms with Crippen LogP contribution in [-0.2, 0) is 4.79 Å². The summed E-state index contributed by atoms with van der Waals surface area (Å²) in [5.74, 6) is -0.407. The summed E-state index contributed by atoms with van der Waals surface area (Å²) in [6.07, 6.45) is 1.83. The molecule has 3 rings (SSSR count). The number of rotatable bonds is 8. The summed E-state index contributed by atoms with van der Waals surface area (Å²) < 4.78 is 5.86. The fourth-order valence-corrected chi connectivity index (χ4v) is 4.27. The molecule has 32 heavy (non-hydrogen) atoms. The second-order valence-electron chi connectivity index (χ2n) is 7.05. The largest absolute Gasteiger partial charge is 0.493 e. The summed E-state index contributed by atoms with van der Waals surface area (Å²) >= 11 is 1.28. The fourth-order valence-electron chi connectivity index (χ4n) is 3.29. The molecule has 0 atom stereocenters. The van der Waals surface area contributed by atoms with E-state index in [-0.39, 0.29) is 11.5 Å². The van der Waals surface area contributed by atoms with Gasteiger partial charge in [0, 0.05) is 37.5 Å². The predicted molar refractivity (Wildman–Crippen MR) is 130 cm³/mol. The molecule has 2 aromatic rings. The normalized spacial score (nSPS) is 16.1. The molecule has 1 heterocycles. The molecule has 168 valence electrons. The van der Waals surface area contributed by atoms with Gasteiger partial charge in [-0.05, 0) is 75.0 Å². The van der Waals surface area contributed by atoms with Crippen LogP contribution in [0.2, 0.25) is 0 Å². The Balaban J connectivity index is 1.90. The standard InChI is InChI=1S/C24H27N3O4S/c1-5-27(6-2)19-13-10-17(20(15-19)31-7-3)14-21-22(28)26(4)24(32-21)25-18-11-8-16(9-12-18)23(29)30/h8-15H,5-7H2,1-4H3,(H,29,30)/b21-14-,25-24?. The zero-order chi connectivity index (χ0) is 23.3. The Morgan fingerprint density at radius 3 is 2.44 bits per heavy atom. The molecule has 1 fully saturated rings. The summed E-state index contributed by atoms with van der Waals surface area (Å²) in [4.78, 5) is 32.6. The number of amides is 1. The molecule has 0 bridgehead atoms. The lowest BCUT2D eigenvalue weighted by atomic mass is 10.1. The van der Waals surface area contributed by atoms with Crippen molar-refractivity contribution in [2.24, 2.45) is 4.99 Å². The Kier molecular flexibility index (Phi) is 7.58. The first-order valence-corrected chi connectivity index (χ1v) is 11.3. The smallest absolute Gasteiger partial charge is 0.335 e. The van der Waals surface area contributed by atoms with E-state index in [4.69, 9.17) is 9.84 Å². The van der Waals surface area contributed by atoms with Crippen molar-refractivity contribution in [2.45, 2.75) is 20.8 Å². The van der Waals surface area contributed by atoms with Crippen LogP contribution in [0, 0.1) is 0 Å². The lowest BCUT2D eigenvalue weighted by molar-refractivity contribution is -0.121. The second-order valence-corrected chi connectivity index (χ2v) is 8.06. The summed E-state index contributed by atoms with van der Waals surface area (Å²) in [6, 6.07) is 12.2. The zero-order valence-corrected chi connectivity index (χ0v) is 19.5. The number of aromatic carboxylic acids is 1. The highest BCUT2D eigenvalue weighted by Crippen LogP contribution is 2.36. The molecule has 1 aliphatic heterocycles. The lowest BCUT2D eigenvalue weighted by Gasteiger charge is -2.22. The Hall–Kier alpha value is -3.26. The van der Waals surface area contributed by atoms with Crippen LogP contribution in [0.3, 0.4) is 0 Å². The zero-order valence-electron chi connectivity index (χ0n) is 18.7. The SMILES string of the molecule is CCOc1cc(N(CC)CC)ccc1/C=C1\SC(=Nc2ccc(C(=O)O)cc2)N(C)C1=O. The van der Waals surface area contributed by atoms with E-state index in [2.05, 4.69) is 23.7 Å². The van der Waals surface area contributed by atoms with Gasteiger partial charge in [0.25, 0.3) is 5.91 Å². The maximum absolute atomic E-state index is 12.8. The van der Waals surface area contributed by atoms with Crippen molar-refractivity contribution in [3.05, 3.63) is 58.5 Å². The molecule has 1 N–H and O–H groups in total. The van der Waals surface area contributed by atoms with E-state index in [9.17, 15) is 9.59 Å². The average molecular weight is 454 g/mol. The second kappa shape index (κ2) is 10.4. The number of thioether (sulfide) groups is 1. The van der Waals surface area contributed by atoms with Gasteiger partial charge in [-0.3, -0.25) is 9.69 Å². The number of nitrogens with zero attached hydrogens (tertiary/aromatic N) is 3. The van der Waals surface area contributed by atoms with Crippen LogP contribution in [0.1, 0.15) is 36.7 Å². The van der Waals surface area contributed by atoms with Crippen LogP contribution in [-0.4, -0.2) is 53.8 Å². The monoisotopic (exact) mass is 453 g/mol. The molecule has 8 heteroatoms. The van der Waals surface area contributed by atoms with Gasteiger partial charge in [0.1, 0.15) is 5.75 Å². The fraction of sp³-hybridized carbons (Fsp3) is 0.292. The van der Waals surface area contributed by atoms with E-state index >= 15 is 0 Å². The quantitative estimate of drug-likeness (QED) is 0.575. The number of carbonyl (C=O) groups is 2. The van der Waals surface area contributed by atoms with Crippen LogP contribution < -0.4 is 9.64 Å². The first-order valence-electron chi connectivity index (χ1n) is 10.5. The molecule has 2 aromatic carbocycles. The van der Waals surface area contributed by atoms with Crippen molar-refractivity contribution in [2.75, 3.05) is 31.6 Å². The van der Waals surface area contributed by atoms with E-state index in [0.29, 0.717) is 22.4 Å². The van der Waals surface area contributed by atoms with Crippen molar-refractivity contribution in [1.82, 2.24) is 4.90 Å². The van der Waals surface area contributed by atoms with E-state index < -0.39 is 5.97 Å². The number of amidine groups is 1. The summed E-state index contributed by atoms with van der Waals surface area (Å²) in [5.41, 5.74) is 2.68. The molecule has 0 unspecified atom stereocenters. The van der Waals surface area contributed by atoms with Crippen molar-refractivity contribution in [3.8, 4) is 5.75 Å². The Labute approximate surface area is 192 Å². The first-order chi connectivity index (χ1) is 15.4. The van der Waals surface area contributed by atoms with Gasteiger partial charge in [0.2, 0.25) is 0 Å². The summed E-state index contributed by atoms with van der Waals surface area (Å²) in [6.45, 7) is 8.48. The Bertz CT molecular complexity index is 1060. The molecule has 0 saturated carbocycles. The topological polar surface area (TPSA) is 82.4 Å². The molecule has 0 radical (unpaired) electrons. The van der Waals surface area contributed by atoms with Crippen LogP contribution in [0.4, 0.5) is 11.4 Å². The van der Waals surface area contributed by atoms with Gasteiger partial charge in [-0.25, -0.2) is 9.79 Å². The van der Waals surface area contributed by atoms with Gasteiger partial charge in [0.15, 0.2) is 5.17 Å². The van der Waals surface area contributed by atoms with E-state index in [0.717, 1.165) is 30.1 Å². The highest BCUT2D eigenvalue weighted by Gasteiger charge is 2.30. The minimum Gasteiger partial charge on any atom is -0.493 e. The number of anilines is 1. The number of hydrogen-bond acceptors (Lipinski definition) is 6. The highest BCUT2D eigenvalue weighted by atomic mass is 32.2. The molecule has 0 spiro atoms. The van der Waals surface area contributed by atoms with Gasteiger partial charge in [-0.15, -0.1) is 0 Å². The first kappa shape index (κ1) is 23.4. The van der Waals surface area contributed by atoms with Crippen LogP contribution >= 0.6 is 11.8 Å². The summed E-state index contributed by atoms with van der Waals surface area (Å²) in [5, 5.41) is 9.56. The van der Waals surface area contributed by atoms with Crippen LogP contribution in [0.15, 0.2) is 52.4 Å². The third-order valence-electron chi connectivity index (χ3n) is 5.05. The van der Waals surface area contributed by atoms with Crippen LogP contribution in [0.25, 0.3) is 6.08 Å². The van der Waals surface area contributed by atoms with Gasteiger partial charge < -0.3 is 14.7 Å². The number of benzene rings is 2. The minimum absolute atomic E-state index is 0.147. The molecular weight excluding hydrogens is 426 g/mol. The lowest BCUT2D eigenvalue weighted by Crippen LogP contribution is -2.23. The number of aliphatic imine (C=N–C) groups is 1. The number of carbonyl (C=O) groups excluding carboxylic acids is 1. The Morgan fingerprint density at radius 2 is 1.84 bits per heavy atom. The molecule has 1 aliphatic rings. The third kappa shape index (κ3) is 5.13. The van der Waals surface area contributed by atoms with Crippen molar-refractivity contribution >= 4 is 46.3 Å². The molecule has 7 nitrogen and oxygen atoms in total. The van der Waals surface area contributed by atoms with Gasteiger partial charge in [0.05, 0.1) is 22.8 Å². The average Bonchev–Trinajstić information content (AvgIpc) is 3.04. The molecule has 1 saturated heterocycles. The molecule has 1 amide bonds. The number of likely N-dealkylation sites (N-methyl/N-ethyl adjacent to an activating group) is 1. The van der Waals surface area contributed by atoms with Gasteiger partial charge >= 0.3 is 5.97 Å². The molecular formula is C24H27N3O4S. The summed E-state index contributed by atoms with van der Waals surface area (Å²) in [7, 11) is 1.67.